The zero-order chi connectivity index (χ0) is 26.1. The number of nitrogens with zero attached hydrogens (tertiary/aromatic N) is 4. The molecule has 1 saturated heterocycles. The van der Waals surface area contributed by atoms with Gasteiger partial charge >= 0.3 is 0 Å². The van der Waals surface area contributed by atoms with Gasteiger partial charge in [-0.3, -0.25) is 14.3 Å². The van der Waals surface area contributed by atoms with Gasteiger partial charge in [0.2, 0.25) is 5.91 Å². The highest BCUT2D eigenvalue weighted by molar-refractivity contribution is 6.06. The summed E-state index contributed by atoms with van der Waals surface area (Å²) in [7, 11) is 0. The Labute approximate surface area is 220 Å². The minimum absolute atomic E-state index is 0.0277. The number of halogens is 1. The van der Waals surface area contributed by atoms with Crippen LogP contribution in [0.1, 0.15) is 28.8 Å². The molecule has 186 valence electrons. The monoisotopic (exact) mass is 500 g/mol. The summed E-state index contributed by atoms with van der Waals surface area (Å²) in [5, 5.41) is 13.1. The summed E-state index contributed by atoms with van der Waals surface area (Å²) in [6.45, 7) is 1.37. The lowest BCUT2D eigenvalue weighted by Gasteiger charge is -2.33. The molecule has 0 unspecified atom stereocenters. The molecular weight excluding hydrogens is 475 g/mol. The first kappa shape index (κ1) is 23.6. The number of benzene rings is 3. The molecule has 0 amide bonds. The Bertz CT molecular complexity index is 1730. The van der Waals surface area contributed by atoms with Crippen LogP contribution < -0.4 is 4.90 Å². The van der Waals surface area contributed by atoms with Crippen molar-refractivity contribution in [2.45, 2.75) is 12.8 Å². The molecule has 5 aromatic rings. The largest absolute Gasteiger partial charge is 0.371 e. The van der Waals surface area contributed by atoms with E-state index in [-0.39, 0.29) is 17.6 Å². The average Bonchev–Trinajstić information content (AvgIpc) is 3.35. The lowest BCUT2D eigenvalue weighted by atomic mass is 9.95. The number of para-hydroxylation sites is 1. The fourth-order valence-electron chi connectivity index (χ4n) is 5.43. The average molecular weight is 501 g/mol. The lowest BCUT2D eigenvalue weighted by molar-refractivity contribution is 0.0819. The number of piperidine rings is 1. The van der Waals surface area contributed by atoms with Crippen LogP contribution in [0.4, 0.5) is 10.1 Å². The second kappa shape index (κ2) is 9.95. The molecule has 6 heteroatoms. The third kappa shape index (κ3) is 4.33. The first-order valence-corrected chi connectivity index (χ1v) is 12.7. The maximum Gasteiger partial charge on any atom is 0.234 e. The number of hydrogen-bond acceptors (Lipinski definition) is 4. The molecule has 0 saturated carbocycles. The maximum absolute atomic E-state index is 13.7. The molecular formula is C32H25FN4O. The number of anilines is 1. The van der Waals surface area contributed by atoms with E-state index in [0.29, 0.717) is 31.5 Å². The molecule has 3 aromatic carbocycles. The van der Waals surface area contributed by atoms with Crippen molar-refractivity contribution in [1.82, 2.24) is 9.55 Å². The molecule has 0 spiro atoms. The van der Waals surface area contributed by atoms with Crippen LogP contribution in [0.25, 0.3) is 33.3 Å². The second-order valence-corrected chi connectivity index (χ2v) is 9.62. The third-order valence-electron chi connectivity index (χ3n) is 7.39. The highest BCUT2D eigenvalue weighted by Crippen LogP contribution is 2.32. The molecule has 5 nitrogen and oxygen atoms in total. The topological polar surface area (TPSA) is 61.9 Å². The predicted molar refractivity (Wildman–Crippen MR) is 149 cm³/mol. The number of carbonyl (C=O) groups is 1. The van der Waals surface area contributed by atoms with Crippen molar-refractivity contribution < 1.29 is 9.18 Å². The van der Waals surface area contributed by atoms with Crippen LogP contribution >= 0.6 is 0 Å². The van der Waals surface area contributed by atoms with Crippen molar-refractivity contribution in [2.24, 2.45) is 5.92 Å². The molecule has 2 aromatic heterocycles. The lowest BCUT2D eigenvalue weighted by Crippen LogP contribution is -2.37. The molecule has 1 fully saturated rings. The number of pyridine rings is 1. The van der Waals surface area contributed by atoms with Crippen LogP contribution in [0, 0.1) is 23.1 Å². The molecule has 0 N–H and O–H groups in total. The predicted octanol–water partition coefficient (Wildman–Crippen LogP) is 6.95. The Morgan fingerprint density at radius 1 is 1.00 bits per heavy atom. The summed E-state index contributed by atoms with van der Waals surface area (Å²) >= 11 is 0. The minimum atomic E-state index is -0.256. The summed E-state index contributed by atoms with van der Waals surface area (Å²) in [5.74, 6) is -0.378. The van der Waals surface area contributed by atoms with Crippen molar-refractivity contribution in [3.63, 3.8) is 0 Å². The number of fused-ring (bicyclic) bond motifs is 2. The molecule has 1 aliphatic heterocycles. The van der Waals surface area contributed by atoms with Gasteiger partial charge in [0.25, 0.3) is 0 Å². The molecule has 0 radical (unpaired) electrons. The second-order valence-electron chi connectivity index (χ2n) is 9.62. The highest BCUT2D eigenvalue weighted by atomic mass is 19.1. The highest BCUT2D eigenvalue weighted by Gasteiger charge is 2.28. The number of allylic oxidation sites excluding steroid dienone is 1. The number of aromatic nitrogens is 2. The van der Waals surface area contributed by atoms with E-state index >= 15 is 0 Å². The number of carbonyl (C=O) groups excluding carboxylic acids is 1. The van der Waals surface area contributed by atoms with Gasteiger partial charge in [-0.1, -0.05) is 42.5 Å². The molecule has 0 aliphatic carbocycles. The summed E-state index contributed by atoms with van der Waals surface area (Å²) in [6.07, 6.45) is 8.62. The SMILES string of the molecule is N#C/C(=C\c1cccc2cnccc12)c1cn(C(=O)C2CCN(c3cccc(F)c3)CC2)c2ccccc12. The molecule has 0 atom stereocenters. The van der Waals surface area contributed by atoms with Gasteiger partial charge in [0, 0.05) is 59.6 Å². The number of rotatable bonds is 4. The van der Waals surface area contributed by atoms with Crippen molar-refractivity contribution in [2.75, 3.05) is 18.0 Å². The van der Waals surface area contributed by atoms with E-state index in [4.69, 9.17) is 0 Å². The molecule has 38 heavy (non-hydrogen) atoms. The zero-order valence-corrected chi connectivity index (χ0v) is 20.7. The Hall–Kier alpha value is -4.76. The van der Waals surface area contributed by atoms with Crippen molar-refractivity contribution >= 4 is 44.9 Å². The smallest absolute Gasteiger partial charge is 0.234 e. The minimum Gasteiger partial charge on any atom is -0.371 e. The molecule has 6 rings (SSSR count). The number of nitriles is 1. The van der Waals surface area contributed by atoms with Gasteiger partial charge in [0.1, 0.15) is 5.82 Å². The third-order valence-corrected chi connectivity index (χ3v) is 7.39. The van der Waals surface area contributed by atoms with E-state index in [1.807, 2.05) is 73.1 Å². The summed E-state index contributed by atoms with van der Waals surface area (Å²) < 4.78 is 15.4. The first-order valence-electron chi connectivity index (χ1n) is 12.7. The van der Waals surface area contributed by atoms with E-state index < -0.39 is 0 Å². The summed E-state index contributed by atoms with van der Waals surface area (Å²) in [6, 6.07) is 24.6. The fraction of sp³-hybridized carbons (Fsp3) is 0.156. The van der Waals surface area contributed by atoms with Gasteiger partial charge in [-0.15, -0.1) is 0 Å². The van der Waals surface area contributed by atoms with E-state index in [9.17, 15) is 14.4 Å². The number of hydrogen-bond donors (Lipinski definition) is 0. The molecule has 1 aliphatic rings. The Kier molecular flexibility index (Phi) is 6.19. The Balaban J connectivity index is 1.33. The van der Waals surface area contributed by atoms with E-state index in [2.05, 4.69) is 16.0 Å². The van der Waals surface area contributed by atoms with Crippen LogP contribution in [0.5, 0.6) is 0 Å². The normalized spacial score (nSPS) is 14.6. The fourth-order valence-corrected chi connectivity index (χ4v) is 5.43. The van der Waals surface area contributed by atoms with Crippen LogP contribution in [-0.2, 0) is 0 Å². The van der Waals surface area contributed by atoms with Crippen LogP contribution in [0.3, 0.4) is 0 Å². The van der Waals surface area contributed by atoms with Crippen LogP contribution in [-0.4, -0.2) is 28.5 Å². The summed E-state index contributed by atoms with van der Waals surface area (Å²) in [4.78, 5) is 20.1. The van der Waals surface area contributed by atoms with Crippen molar-refractivity contribution in [3.05, 3.63) is 108 Å². The van der Waals surface area contributed by atoms with Crippen LogP contribution in [0.15, 0.2) is 91.4 Å². The van der Waals surface area contributed by atoms with Gasteiger partial charge < -0.3 is 4.90 Å². The van der Waals surface area contributed by atoms with Crippen molar-refractivity contribution in [1.29, 1.82) is 5.26 Å². The Morgan fingerprint density at radius 2 is 1.82 bits per heavy atom. The van der Waals surface area contributed by atoms with Crippen LogP contribution in [0.2, 0.25) is 0 Å². The van der Waals surface area contributed by atoms with Gasteiger partial charge in [-0.05, 0) is 60.2 Å². The van der Waals surface area contributed by atoms with Gasteiger partial charge in [0.05, 0.1) is 17.2 Å². The quantitative estimate of drug-likeness (QED) is 0.251. The molecule has 3 heterocycles. The summed E-state index contributed by atoms with van der Waals surface area (Å²) in [5.41, 5.74) is 3.80. The van der Waals surface area contributed by atoms with Gasteiger partial charge in [-0.2, -0.15) is 5.26 Å². The van der Waals surface area contributed by atoms with Gasteiger partial charge in [0.15, 0.2) is 0 Å². The van der Waals surface area contributed by atoms with E-state index in [0.717, 1.165) is 38.5 Å². The standard InChI is InChI=1S/C32H25FN4O/c33-26-7-4-8-27(18-26)36-15-12-22(13-16-36)32(38)37-21-30(29-9-1-2-10-31(29)37)25(19-34)17-23-5-3-6-24-20-35-14-11-28(23)24/h1-11,14,17-18,20-22H,12-13,15-16H2/b25-17+. The molecule has 0 bridgehead atoms. The van der Waals surface area contributed by atoms with E-state index in [1.54, 1.807) is 16.8 Å². The Morgan fingerprint density at radius 3 is 2.63 bits per heavy atom. The maximum atomic E-state index is 13.7. The zero-order valence-electron chi connectivity index (χ0n) is 20.7. The first-order chi connectivity index (χ1) is 18.6. The van der Waals surface area contributed by atoms with Gasteiger partial charge in [-0.25, -0.2) is 4.39 Å². The van der Waals surface area contributed by atoms with E-state index in [1.165, 1.54) is 12.1 Å². The van der Waals surface area contributed by atoms with Crippen molar-refractivity contribution in [3.8, 4) is 6.07 Å².